The van der Waals surface area contributed by atoms with Gasteiger partial charge in [0.2, 0.25) is 11.7 Å². The molecule has 0 spiro atoms. The number of benzene rings is 1. The fourth-order valence-corrected chi connectivity index (χ4v) is 2.89. The molecule has 6 nitrogen and oxygen atoms in total. The van der Waals surface area contributed by atoms with Gasteiger partial charge < -0.3 is 14.6 Å². The van der Waals surface area contributed by atoms with Crippen LogP contribution in [-0.2, 0) is 6.61 Å². The predicted molar refractivity (Wildman–Crippen MR) is 93.3 cm³/mol. The maximum absolute atomic E-state index is 12.5. The largest absolute Gasteiger partial charge is 0.485 e. The molecule has 132 valence electrons. The average Bonchev–Trinajstić information content (AvgIpc) is 3.06. The molecule has 1 aromatic heterocycles. The van der Waals surface area contributed by atoms with E-state index in [2.05, 4.69) is 21.5 Å². The number of carbonyl (C=O) groups is 1. The highest BCUT2D eigenvalue weighted by atomic mass is 16.5. The first kappa shape index (κ1) is 17.2. The molecule has 1 aromatic carbocycles. The highest BCUT2D eigenvalue weighted by Gasteiger charge is 2.13. The zero-order valence-electron chi connectivity index (χ0n) is 14.5. The molecule has 3 rings (SSSR count). The molecular formula is C19H23N3O3. The Morgan fingerprint density at radius 2 is 2.20 bits per heavy atom. The van der Waals surface area contributed by atoms with Gasteiger partial charge >= 0.3 is 0 Å². The summed E-state index contributed by atoms with van der Waals surface area (Å²) >= 11 is 0. The number of amides is 1. The number of para-hydroxylation sites is 1. The average molecular weight is 341 g/mol. The highest BCUT2D eigenvalue weighted by Crippen LogP contribution is 2.21. The minimum absolute atomic E-state index is 0.128. The number of rotatable bonds is 7. The number of carbonyl (C=O) groups excluding carboxylic acids is 1. The number of aryl methyl sites for hydroxylation is 1. The molecule has 1 heterocycles. The monoisotopic (exact) mass is 341 g/mol. The first-order chi connectivity index (χ1) is 12.2. The highest BCUT2D eigenvalue weighted by molar-refractivity contribution is 5.96. The summed E-state index contributed by atoms with van der Waals surface area (Å²) in [5.41, 5.74) is 1.96. The van der Waals surface area contributed by atoms with Crippen LogP contribution in [0.3, 0.4) is 0 Å². The van der Waals surface area contributed by atoms with E-state index in [-0.39, 0.29) is 12.5 Å². The van der Waals surface area contributed by atoms with Crippen molar-refractivity contribution in [1.82, 2.24) is 15.5 Å². The van der Waals surface area contributed by atoms with E-state index in [9.17, 15) is 4.79 Å². The lowest BCUT2D eigenvalue weighted by atomic mass is 9.97. The molecular weight excluding hydrogens is 318 g/mol. The third-order valence-corrected chi connectivity index (χ3v) is 4.17. The van der Waals surface area contributed by atoms with Gasteiger partial charge in [-0.25, -0.2) is 0 Å². The quantitative estimate of drug-likeness (QED) is 0.779. The van der Waals surface area contributed by atoms with Crippen molar-refractivity contribution in [2.75, 3.05) is 6.54 Å². The lowest BCUT2D eigenvalue weighted by Crippen LogP contribution is -2.25. The third-order valence-electron chi connectivity index (χ3n) is 4.17. The summed E-state index contributed by atoms with van der Waals surface area (Å²) in [7, 11) is 0. The summed E-state index contributed by atoms with van der Waals surface area (Å²) < 4.78 is 10.6. The Morgan fingerprint density at radius 3 is 2.96 bits per heavy atom. The minimum atomic E-state index is -0.128. The van der Waals surface area contributed by atoms with Gasteiger partial charge in [-0.2, -0.15) is 4.98 Å². The fourth-order valence-electron chi connectivity index (χ4n) is 2.89. The van der Waals surface area contributed by atoms with E-state index in [1.807, 2.05) is 12.1 Å². The maximum atomic E-state index is 12.5. The van der Waals surface area contributed by atoms with Crippen LogP contribution in [0.25, 0.3) is 0 Å². The van der Waals surface area contributed by atoms with Crippen molar-refractivity contribution in [2.24, 2.45) is 0 Å². The van der Waals surface area contributed by atoms with Crippen LogP contribution in [0, 0.1) is 6.92 Å². The molecule has 6 heteroatoms. The second-order valence-electron chi connectivity index (χ2n) is 6.13. The van der Waals surface area contributed by atoms with E-state index in [0.29, 0.717) is 29.6 Å². The standard InChI is InChI=1S/C19H23N3O3/c1-14-21-18(22-25-14)13-24-17-10-6-5-9-16(17)19(23)20-12-11-15-7-3-2-4-8-15/h5-7,9-10H,2-4,8,11-13H2,1H3,(H,20,23). The lowest BCUT2D eigenvalue weighted by Gasteiger charge is -2.14. The van der Waals surface area contributed by atoms with Crippen LogP contribution in [0.15, 0.2) is 40.4 Å². The second kappa shape index (κ2) is 8.46. The van der Waals surface area contributed by atoms with E-state index in [1.165, 1.54) is 18.4 Å². The predicted octanol–water partition coefficient (Wildman–Crippen LogP) is 3.58. The van der Waals surface area contributed by atoms with Crippen molar-refractivity contribution in [3.8, 4) is 5.75 Å². The molecule has 0 atom stereocenters. The van der Waals surface area contributed by atoms with Gasteiger partial charge in [0.1, 0.15) is 5.75 Å². The van der Waals surface area contributed by atoms with Gasteiger partial charge in [0.15, 0.2) is 6.61 Å². The first-order valence-electron chi connectivity index (χ1n) is 8.69. The van der Waals surface area contributed by atoms with E-state index in [4.69, 9.17) is 9.26 Å². The zero-order chi connectivity index (χ0) is 17.5. The molecule has 1 aliphatic carbocycles. The molecule has 0 saturated heterocycles. The number of nitrogens with zero attached hydrogens (tertiary/aromatic N) is 2. The van der Waals surface area contributed by atoms with Crippen LogP contribution < -0.4 is 10.1 Å². The summed E-state index contributed by atoms with van der Waals surface area (Å²) in [6.45, 7) is 2.53. The van der Waals surface area contributed by atoms with Crippen molar-refractivity contribution >= 4 is 5.91 Å². The van der Waals surface area contributed by atoms with Gasteiger partial charge in [-0.15, -0.1) is 0 Å². The molecule has 0 radical (unpaired) electrons. The minimum Gasteiger partial charge on any atom is -0.485 e. The van der Waals surface area contributed by atoms with Gasteiger partial charge in [-0.05, 0) is 44.2 Å². The Balaban J connectivity index is 1.55. The molecule has 2 aromatic rings. The van der Waals surface area contributed by atoms with Crippen LogP contribution in [0.4, 0.5) is 0 Å². The Labute approximate surface area is 147 Å². The normalized spacial score (nSPS) is 14.0. The van der Waals surface area contributed by atoms with Gasteiger partial charge in [0.05, 0.1) is 5.56 Å². The SMILES string of the molecule is Cc1nc(COc2ccccc2C(=O)NCCC2=CCCCC2)no1. The number of ether oxygens (including phenoxy) is 1. The van der Waals surface area contributed by atoms with Gasteiger partial charge in [-0.1, -0.05) is 28.9 Å². The van der Waals surface area contributed by atoms with E-state index in [0.717, 1.165) is 19.3 Å². The Hall–Kier alpha value is -2.63. The van der Waals surface area contributed by atoms with Crippen molar-refractivity contribution in [3.63, 3.8) is 0 Å². The molecule has 0 aliphatic heterocycles. The molecule has 1 N–H and O–H groups in total. The van der Waals surface area contributed by atoms with E-state index < -0.39 is 0 Å². The van der Waals surface area contributed by atoms with Crippen molar-refractivity contribution in [1.29, 1.82) is 0 Å². The molecule has 0 fully saturated rings. The smallest absolute Gasteiger partial charge is 0.255 e. The van der Waals surface area contributed by atoms with Crippen LogP contribution in [-0.4, -0.2) is 22.6 Å². The number of hydrogen-bond acceptors (Lipinski definition) is 5. The molecule has 0 saturated carbocycles. The lowest BCUT2D eigenvalue weighted by molar-refractivity contribution is 0.0949. The number of hydrogen-bond donors (Lipinski definition) is 1. The first-order valence-corrected chi connectivity index (χ1v) is 8.69. The van der Waals surface area contributed by atoms with Gasteiger partial charge in [-0.3, -0.25) is 4.79 Å². The summed E-state index contributed by atoms with van der Waals surface area (Å²) in [4.78, 5) is 16.6. The van der Waals surface area contributed by atoms with Crippen molar-refractivity contribution in [2.45, 2.75) is 45.6 Å². The topological polar surface area (TPSA) is 77.2 Å². The van der Waals surface area contributed by atoms with Crippen LogP contribution in [0.2, 0.25) is 0 Å². The fraction of sp³-hybridized carbons (Fsp3) is 0.421. The summed E-state index contributed by atoms with van der Waals surface area (Å²) in [5.74, 6) is 1.33. The molecule has 1 amide bonds. The summed E-state index contributed by atoms with van der Waals surface area (Å²) in [6.07, 6.45) is 8.07. The molecule has 1 aliphatic rings. The number of allylic oxidation sites excluding steroid dienone is 1. The number of nitrogens with one attached hydrogen (secondary N) is 1. The van der Waals surface area contributed by atoms with Crippen LogP contribution in [0.1, 0.15) is 54.2 Å². The third kappa shape index (κ3) is 4.92. The van der Waals surface area contributed by atoms with Gasteiger partial charge in [0, 0.05) is 13.5 Å². The Bertz CT molecular complexity index is 752. The zero-order valence-corrected chi connectivity index (χ0v) is 14.5. The van der Waals surface area contributed by atoms with E-state index in [1.54, 1.807) is 19.1 Å². The summed E-state index contributed by atoms with van der Waals surface area (Å²) in [5, 5.41) is 6.77. The molecule has 0 bridgehead atoms. The maximum Gasteiger partial charge on any atom is 0.255 e. The van der Waals surface area contributed by atoms with E-state index >= 15 is 0 Å². The van der Waals surface area contributed by atoms with Crippen molar-refractivity contribution in [3.05, 3.63) is 53.2 Å². The van der Waals surface area contributed by atoms with Crippen LogP contribution >= 0.6 is 0 Å². The molecule has 0 unspecified atom stereocenters. The van der Waals surface area contributed by atoms with Crippen molar-refractivity contribution < 1.29 is 14.1 Å². The van der Waals surface area contributed by atoms with Gasteiger partial charge in [0.25, 0.3) is 5.91 Å². The Kier molecular flexibility index (Phi) is 5.82. The Morgan fingerprint density at radius 1 is 1.32 bits per heavy atom. The number of aromatic nitrogens is 2. The molecule has 25 heavy (non-hydrogen) atoms. The van der Waals surface area contributed by atoms with Crippen LogP contribution in [0.5, 0.6) is 5.75 Å². The summed E-state index contributed by atoms with van der Waals surface area (Å²) in [6, 6.07) is 7.18. The second-order valence-corrected chi connectivity index (χ2v) is 6.13.